The molecule has 0 aliphatic carbocycles. The molecule has 0 atom stereocenters. The third-order valence-electron chi connectivity index (χ3n) is 4.27. The molecule has 7 nitrogen and oxygen atoms in total. The van der Waals surface area contributed by atoms with E-state index >= 15 is 0 Å². The van der Waals surface area contributed by atoms with Crippen molar-refractivity contribution < 1.29 is 58.2 Å². The Hall–Kier alpha value is -2.75. The van der Waals surface area contributed by atoms with E-state index in [2.05, 4.69) is 10.6 Å². The Balaban J connectivity index is 0.00000385. The molecule has 3 rings (SSSR count). The first-order valence-corrected chi connectivity index (χ1v) is 9.74. The van der Waals surface area contributed by atoms with Gasteiger partial charge in [0.2, 0.25) is 11.8 Å². The van der Waals surface area contributed by atoms with Crippen LogP contribution in [-0.2, 0) is 14.3 Å². The van der Waals surface area contributed by atoms with Gasteiger partial charge >= 0.3 is 29.6 Å². The summed E-state index contributed by atoms with van der Waals surface area (Å²) in [4.78, 5) is 35.2. The zero-order valence-electron chi connectivity index (χ0n) is 17.6. The van der Waals surface area contributed by atoms with Gasteiger partial charge in [-0.3, -0.25) is 9.59 Å². The Labute approximate surface area is 216 Å². The van der Waals surface area contributed by atoms with Crippen molar-refractivity contribution in [3.05, 3.63) is 83.1 Å². The number of carbonyl (C=O) groups excluding carboxylic acids is 3. The van der Waals surface area contributed by atoms with Gasteiger partial charge in [0.25, 0.3) is 0 Å². The first-order valence-electron chi connectivity index (χ1n) is 9.36. The number of carbonyl (C=O) groups is 3. The first-order chi connectivity index (χ1) is 15.3. The fourth-order valence-electron chi connectivity index (χ4n) is 2.83. The molecule has 3 aromatic rings. The smallest absolute Gasteiger partial charge is 0.545 e. The Morgan fingerprint density at radius 1 is 0.879 bits per heavy atom. The zero-order chi connectivity index (χ0) is 23.1. The minimum Gasteiger partial charge on any atom is -0.545 e. The van der Waals surface area contributed by atoms with Crippen molar-refractivity contribution in [2.45, 2.75) is 0 Å². The summed E-state index contributed by atoms with van der Waals surface area (Å²) < 4.78 is 18.2. The second-order valence-electron chi connectivity index (χ2n) is 6.65. The van der Waals surface area contributed by atoms with Crippen LogP contribution in [-0.4, -0.2) is 31.0 Å². The third kappa shape index (κ3) is 7.96. The van der Waals surface area contributed by atoms with Crippen molar-refractivity contribution in [3.8, 4) is 11.1 Å². The second kappa shape index (κ2) is 12.5. The largest absolute Gasteiger partial charge is 1.00 e. The van der Waals surface area contributed by atoms with E-state index in [4.69, 9.17) is 16.3 Å². The summed E-state index contributed by atoms with van der Waals surface area (Å²) in [6.45, 7) is -0.875. The predicted octanol–water partition coefficient (Wildman–Crippen LogP) is 0.107. The first kappa shape index (κ1) is 26.5. The number of carboxylic acid groups (broad SMARTS) is 1. The zero-order valence-corrected chi connectivity index (χ0v) is 20.3. The molecule has 33 heavy (non-hydrogen) atoms. The summed E-state index contributed by atoms with van der Waals surface area (Å²) in [5.74, 6) is -2.98. The van der Waals surface area contributed by atoms with Crippen LogP contribution in [0, 0.1) is 5.82 Å². The average molecular weight is 479 g/mol. The summed E-state index contributed by atoms with van der Waals surface area (Å²) in [7, 11) is 0. The maximum absolute atomic E-state index is 13.1. The molecule has 0 aliphatic rings. The minimum absolute atomic E-state index is 0. The van der Waals surface area contributed by atoms with Gasteiger partial charge in [0.1, 0.15) is 19.0 Å². The summed E-state index contributed by atoms with van der Waals surface area (Å²) in [5.41, 5.74) is 1.81. The Morgan fingerprint density at radius 2 is 1.55 bits per heavy atom. The van der Waals surface area contributed by atoms with Crippen LogP contribution in [0.25, 0.3) is 11.1 Å². The van der Waals surface area contributed by atoms with E-state index in [0.29, 0.717) is 5.69 Å². The number of rotatable bonds is 8. The maximum atomic E-state index is 13.1. The molecule has 0 bridgehead atoms. The van der Waals surface area contributed by atoms with E-state index in [1.165, 1.54) is 24.3 Å². The SMILES string of the molecule is O=C(COCC(=O)Nc1ccc(Cl)cc1C(=O)[O-])Nc1cccc(-c2ccc(F)cc2)c1.[Na+]. The molecule has 2 amide bonds. The van der Waals surface area contributed by atoms with Gasteiger partial charge < -0.3 is 25.3 Å². The normalized spacial score (nSPS) is 10.1. The maximum Gasteiger partial charge on any atom is 1.00 e. The van der Waals surface area contributed by atoms with Crippen molar-refractivity contribution in [1.29, 1.82) is 0 Å². The van der Waals surface area contributed by atoms with Gasteiger partial charge in [0, 0.05) is 22.0 Å². The van der Waals surface area contributed by atoms with Gasteiger partial charge in [0.15, 0.2) is 0 Å². The van der Waals surface area contributed by atoms with Crippen LogP contribution in [0.5, 0.6) is 0 Å². The van der Waals surface area contributed by atoms with Crippen LogP contribution >= 0.6 is 11.6 Å². The van der Waals surface area contributed by atoms with Crippen LogP contribution in [0.4, 0.5) is 15.8 Å². The quantitative estimate of drug-likeness (QED) is 0.447. The molecule has 0 aromatic heterocycles. The number of aromatic carboxylic acids is 1. The molecular formula is C23H17ClFN2NaO5. The number of benzene rings is 3. The topological polar surface area (TPSA) is 108 Å². The predicted molar refractivity (Wildman–Crippen MR) is 116 cm³/mol. The van der Waals surface area contributed by atoms with Gasteiger partial charge in [-0.05, 0) is 53.6 Å². The number of hydrogen-bond donors (Lipinski definition) is 2. The molecule has 0 heterocycles. The number of nitrogens with one attached hydrogen (secondary N) is 2. The molecule has 0 unspecified atom stereocenters. The van der Waals surface area contributed by atoms with Gasteiger partial charge in [-0.2, -0.15) is 0 Å². The van der Waals surface area contributed by atoms with Crippen LogP contribution in [0.1, 0.15) is 10.4 Å². The van der Waals surface area contributed by atoms with Crippen LogP contribution in [0.15, 0.2) is 66.7 Å². The number of hydrogen-bond acceptors (Lipinski definition) is 5. The fraction of sp³-hybridized carbons (Fsp3) is 0.0870. The Bertz CT molecular complexity index is 1160. The number of ether oxygens (including phenoxy) is 1. The van der Waals surface area contributed by atoms with Gasteiger partial charge in [-0.1, -0.05) is 35.9 Å². The van der Waals surface area contributed by atoms with Gasteiger partial charge in [-0.15, -0.1) is 0 Å². The molecule has 3 aromatic carbocycles. The van der Waals surface area contributed by atoms with E-state index in [1.807, 2.05) is 6.07 Å². The summed E-state index contributed by atoms with van der Waals surface area (Å²) in [5, 5.41) is 16.3. The molecule has 164 valence electrons. The monoisotopic (exact) mass is 478 g/mol. The number of halogens is 2. The number of anilines is 2. The van der Waals surface area contributed by atoms with Crippen molar-refractivity contribution in [1.82, 2.24) is 0 Å². The molecule has 2 N–H and O–H groups in total. The van der Waals surface area contributed by atoms with E-state index in [1.54, 1.807) is 30.3 Å². The molecule has 0 radical (unpaired) electrons. The molecule has 0 fully saturated rings. The Morgan fingerprint density at radius 3 is 2.21 bits per heavy atom. The second-order valence-corrected chi connectivity index (χ2v) is 7.09. The number of amides is 2. The van der Waals surface area contributed by atoms with Crippen molar-refractivity contribution in [3.63, 3.8) is 0 Å². The molecule has 0 spiro atoms. The molecule has 0 saturated carbocycles. The fourth-order valence-corrected chi connectivity index (χ4v) is 3.01. The summed E-state index contributed by atoms with van der Waals surface area (Å²) in [6, 6.07) is 16.8. The van der Waals surface area contributed by atoms with Gasteiger partial charge in [-0.25, -0.2) is 4.39 Å². The molecular weight excluding hydrogens is 462 g/mol. The number of carboxylic acids is 1. The minimum atomic E-state index is -1.49. The van der Waals surface area contributed by atoms with E-state index < -0.39 is 31.0 Å². The molecule has 0 aliphatic heterocycles. The van der Waals surface area contributed by atoms with Crippen LogP contribution in [0.2, 0.25) is 5.02 Å². The van der Waals surface area contributed by atoms with E-state index in [-0.39, 0.29) is 51.6 Å². The molecule has 0 saturated heterocycles. The van der Waals surface area contributed by atoms with Crippen molar-refractivity contribution in [2.75, 3.05) is 23.8 Å². The average Bonchev–Trinajstić information content (AvgIpc) is 2.75. The van der Waals surface area contributed by atoms with Crippen molar-refractivity contribution >= 4 is 40.8 Å². The third-order valence-corrected chi connectivity index (χ3v) is 4.50. The van der Waals surface area contributed by atoms with Gasteiger partial charge in [0.05, 0.1) is 5.97 Å². The Kier molecular flexibility index (Phi) is 10.0. The standard InChI is InChI=1S/C23H18ClFN2O5.Na/c24-16-6-9-20(19(11-16)23(30)31)27-22(29)13-32-12-21(28)26-18-3-1-2-15(10-18)14-4-7-17(25)8-5-14;/h1-11H,12-13H2,(H,26,28)(H,27,29)(H,30,31);/q;+1/p-1. The van der Waals surface area contributed by atoms with Crippen LogP contribution in [0.3, 0.4) is 0 Å². The summed E-state index contributed by atoms with van der Waals surface area (Å²) in [6.07, 6.45) is 0. The summed E-state index contributed by atoms with van der Waals surface area (Å²) >= 11 is 5.75. The molecule has 10 heteroatoms. The van der Waals surface area contributed by atoms with Crippen LogP contribution < -0.4 is 45.3 Å². The van der Waals surface area contributed by atoms with E-state index in [0.717, 1.165) is 17.2 Å². The van der Waals surface area contributed by atoms with E-state index in [9.17, 15) is 23.9 Å². The van der Waals surface area contributed by atoms with Crippen molar-refractivity contribution in [2.24, 2.45) is 0 Å².